The van der Waals surface area contributed by atoms with Gasteiger partial charge in [-0.2, -0.15) is 4.31 Å². The smallest absolute Gasteiger partial charge is 0.244 e. The van der Waals surface area contributed by atoms with Crippen LogP contribution in [-0.2, 0) is 15.4 Å². The van der Waals surface area contributed by atoms with Crippen LogP contribution in [0.4, 0.5) is 5.82 Å². The molecule has 0 unspecified atom stereocenters. The number of nitrogens with zero attached hydrogens (tertiary/aromatic N) is 3. The Labute approximate surface area is 179 Å². The molecule has 162 valence electrons. The molecule has 1 aliphatic carbocycles. The highest BCUT2D eigenvalue weighted by Gasteiger charge is 2.40. The molecule has 0 amide bonds. The molecule has 2 aliphatic rings. The second kappa shape index (κ2) is 8.53. The highest BCUT2D eigenvalue weighted by atomic mass is 32.2. The molecule has 2 heterocycles. The fourth-order valence-electron chi connectivity index (χ4n) is 4.30. The molecule has 8 heteroatoms. The molecular weight excluding hydrogens is 400 g/mol. The second-order valence-corrected chi connectivity index (χ2v) is 10.2. The van der Waals surface area contributed by atoms with E-state index < -0.39 is 10.0 Å². The summed E-state index contributed by atoms with van der Waals surface area (Å²) < 4.78 is 32.9. The zero-order valence-electron chi connectivity index (χ0n) is 17.7. The molecule has 7 nitrogen and oxygen atoms in total. The lowest BCUT2D eigenvalue weighted by molar-refractivity contribution is 0.222. The van der Waals surface area contributed by atoms with E-state index in [9.17, 15) is 8.42 Å². The monoisotopic (exact) mass is 430 g/mol. The summed E-state index contributed by atoms with van der Waals surface area (Å²) in [6, 6.07) is 11.6. The summed E-state index contributed by atoms with van der Waals surface area (Å²) in [6.45, 7) is 3.26. The first kappa shape index (κ1) is 21.1. The Hall–Kier alpha value is -2.16. The van der Waals surface area contributed by atoms with Gasteiger partial charge in [0, 0.05) is 49.9 Å². The Bertz CT molecular complexity index is 966. The van der Waals surface area contributed by atoms with Crippen molar-refractivity contribution in [3.8, 4) is 5.75 Å². The Morgan fingerprint density at radius 3 is 2.43 bits per heavy atom. The Balaban J connectivity index is 1.45. The van der Waals surface area contributed by atoms with E-state index in [1.807, 2.05) is 25.2 Å². The molecule has 2 fully saturated rings. The number of ether oxygens (including phenoxy) is 1. The van der Waals surface area contributed by atoms with Crippen LogP contribution in [-0.4, -0.2) is 69.5 Å². The lowest BCUT2D eigenvalue weighted by atomic mass is 9.64. The van der Waals surface area contributed by atoms with Crippen LogP contribution in [0.25, 0.3) is 0 Å². The molecule has 4 rings (SSSR count). The van der Waals surface area contributed by atoms with Gasteiger partial charge in [0.15, 0.2) is 0 Å². The molecule has 1 aromatic heterocycles. The number of sulfonamides is 1. The van der Waals surface area contributed by atoms with Crippen molar-refractivity contribution in [2.45, 2.75) is 29.6 Å². The SMILES string of the molecule is COc1ccccc1C1(CNc2ccc(S(=O)(=O)N3CCN(C)CC3)cn2)CCC1. The number of likely N-dealkylation sites (N-methyl/N-ethyl adjacent to an activating group) is 1. The fourth-order valence-corrected chi connectivity index (χ4v) is 5.67. The van der Waals surface area contributed by atoms with Crippen molar-refractivity contribution in [1.82, 2.24) is 14.2 Å². The summed E-state index contributed by atoms with van der Waals surface area (Å²) in [5.74, 6) is 1.61. The van der Waals surface area contributed by atoms with Crippen molar-refractivity contribution in [1.29, 1.82) is 0 Å². The summed E-state index contributed by atoms with van der Waals surface area (Å²) in [6.07, 6.45) is 4.84. The average molecular weight is 431 g/mol. The van der Waals surface area contributed by atoms with Gasteiger partial charge in [0.05, 0.1) is 7.11 Å². The molecule has 1 aliphatic heterocycles. The predicted octanol–water partition coefficient (Wildman–Crippen LogP) is 2.56. The minimum absolute atomic E-state index is 0.0266. The first-order valence-corrected chi connectivity index (χ1v) is 11.9. The van der Waals surface area contributed by atoms with Gasteiger partial charge < -0.3 is 15.0 Å². The summed E-state index contributed by atoms with van der Waals surface area (Å²) in [5, 5.41) is 3.42. The van der Waals surface area contributed by atoms with Crippen LogP contribution in [0.2, 0.25) is 0 Å². The van der Waals surface area contributed by atoms with Crippen molar-refractivity contribution in [3.05, 3.63) is 48.2 Å². The molecule has 0 radical (unpaired) electrons. The highest BCUT2D eigenvalue weighted by molar-refractivity contribution is 7.89. The number of para-hydroxylation sites is 1. The Morgan fingerprint density at radius 1 is 1.10 bits per heavy atom. The van der Waals surface area contributed by atoms with Gasteiger partial charge in [-0.05, 0) is 38.1 Å². The summed E-state index contributed by atoms with van der Waals surface area (Å²) in [7, 11) is 0.223. The second-order valence-electron chi connectivity index (χ2n) is 8.27. The maximum Gasteiger partial charge on any atom is 0.244 e. The molecule has 1 N–H and O–H groups in total. The maximum atomic E-state index is 12.9. The zero-order chi connectivity index (χ0) is 21.2. The minimum atomic E-state index is -3.49. The number of hydrogen-bond acceptors (Lipinski definition) is 6. The lowest BCUT2D eigenvalue weighted by Crippen LogP contribution is -2.47. The van der Waals surface area contributed by atoms with E-state index in [1.165, 1.54) is 18.2 Å². The molecule has 0 bridgehead atoms. The van der Waals surface area contributed by atoms with Gasteiger partial charge in [0.25, 0.3) is 0 Å². The quantitative estimate of drug-likeness (QED) is 0.728. The van der Waals surface area contributed by atoms with Crippen molar-refractivity contribution in [2.75, 3.05) is 52.2 Å². The van der Waals surface area contributed by atoms with Crippen LogP contribution >= 0.6 is 0 Å². The molecule has 1 aromatic carbocycles. The first-order valence-electron chi connectivity index (χ1n) is 10.5. The maximum absolute atomic E-state index is 12.9. The molecular formula is C22H30N4O3S. The highest BCUT2D eigenvalue weighted by Crippen LogP contribution is 2.47. The average Bonchev–Trinajstić information content (AvgIpc) is 2.74. The first-order chi connectivity index (χ1) is 14.4. The number of pyridine rings is 1. The van der Waals surface area contributed by atoms with E-state index in [2.05, 4.69) is 21.3 Å². The van der Waals surface area contributed by atoms with Crippen molar-refractivity contribution in [3.63, 3.8) is 0 Å². The van der Waals surface area contributed by atoms with Gasteiger partial charge in [0.2, 0.25) is 10.0 Å². The third kappa shape index (κ3) is 4.04. The number of nitrogens with one attached hydrogen (secondary N) is 1. The number of piperazine rings is 1. The standard InChI is InChI=1S/C22H30N4O3S/c1-25-12-14-26(15-13-25)30(27,28)18-8-9-21(23-16-18)24-17-22(10-5-11-22)19-6-3-4-7-20(19)29-2/h3-4,6-9,16H,5,10-15,17H2,1-2H3,(H,23,24). The van der Waals surface area contributed by atoms with E-state index in [1.54, 1.807) is 23.5 Å². The molecule has 0 spiro atoms. The normalized spacial score (nSPS) is 19.8. The predicted molar refractivity (Wildman–Crippen MR) is 118 cm³/mol. The molecule has 2 aromatic rings. The number of aromatic nitrogens is 1. The van der Waals surface area contributed by atoms with Gasteiger partial charge in [-0.1, -0.05) is 24.6 Å². The van der Waals surface area contributed by atoms with Gasteiger partial charge in [-0.3, -0.25) is 0 Å². The van der Waals surface area contributed by atoms with Gasteiger partial charge in [-0.25, -0.2) is 13.4 Å². The summed E-state index contributed by atoms with van der Waals surface area (Å²) in [5.41, 5.74) is 1.25. The van der Waals surface area contributed by atoms with E-state index in [-0.39, 0.29) is 10.3 Å². The van der Waals surface area contributed by atoms with E-state index in [4.69, 9.17) is 4.74 Å². The summed E-state index contributed by atoms with van der Waals surface area (Å²) >= 11 is 0. The Morgan fingerprint density at radius 2 is 1.83 bits per heavy atom. The lowest BCUT2D eigenvalue weighted by Gasteiger charge is -2.43. The van der Waals surface area contributed by atoms with E-state index in [0.29, 0.717) is 18.9 Å². The van der Waals surface area contributed by atoms with E-state index >= 15 is 0 Å². The fraction of sp³-hybridized carbons (Fsp3) is 0.500. The minimum Gasteiger partial charge on any atom is -0.496 e. The molecule has 1 saturated carbocycles. The summed E-state index contributed by atoms with van der Waals surface area (Å²) in [4.78, 5) is 6.78. The third-order valence-corrected chi connectivity index (χ3v) is 8.32. The van der Waals surface area contributed by atoms with Crippen molar-refractivity contribution in [2.24, 2.45) is 0 Å². The van der Waals surface area contributed by atoms with Crippen molar-refractivity contribution < 1.29 is 13.2 Å². The van der Waals surface area contributed by atoms with Crippen LogP contribution in [0.5, 0.6) is 5.75 Å². The van der Waals surface area contributed by atoms with Crippen LogP contribution in [0.1, 0.15) is 24.8 Å². The molecule has 0 atom stereocenters. The largest absolute Gasteiger partial charge is 0.496 e. The van der Waals surface area contributed by atoms with Gasteiger partial charge in [-0.15, -0.1) is 0 Å². The number of anilines is 1. The third-order valence-electron chi connectivity index (χ3n) is 6.43. The van der Waals surface area contributed by atoms with Gasteiger partial charge in [0.1, 0.15) is 16.5 Å². The zero-order valence-corrected chi connectivity index (χ0v) is 18.5. The van der Waals surface area contributed by atoms with Crippen LogP contribution in [0, 0.1) is 0 Å². The van der Waals surface area contributed by atoms with Crippen LogP contribution < -0.4 is 10.1 Å². The molecule has 1 saturated heterocycles. The van der Waals surface area contributed by atoms with Crippen LogP contribution in [0.3, 0.4) is 0 Å². The number of benzene rings is 1. The number of rotatable bonds is 7. The number of hydrogen-bond donors (Lipinski definition) is 1. The van der Waals surface area contributed by atoms with Crippen LogP contribution in [0.15, 0.2) is 47.5 Å². The Kier molecular flexibility index (Phi) is 5.99. The van der Waals surface area contributed by atoms with E-state index in [0.717, 1.165) is 38.2 Å². The topological polar surface area (TPSA) is 74.8 Å². The molecule has 30 heavy (non-hydrogen) atoms. The van der Waals surface area contributed by atoms with Gasteiger partial charge >= 0.3 is 0 Å². The number of methoxy groups -OCH3 is 1. The van der Waals surface area contributed by atoms with Crippen molar-refractivity contribution >= 4 is 15.8 Å².